The lowest BCUT2D eigenvalue weighted by atomic mass is 10.2. The Labute approximate surface area is 107 Å². The molecule has 0 radical (unpaired) electrons. The van der Waals surface area contributed by atoms with Gasteiger partial charge in [-0.3, -0.25) is 4.18 Å². The molecule has 1 fully saturated rings. The number of ether oxygens (including phenoxy) is 2. The van der Waals surface area contributed by atoms with Crippen LogP contribution in [0.25, 0.3) is 0 Å². The summed E-state index contributed by atoms with van der Waals surface area (Å²) in [5.74, 6) is 0. The molecule has 1 aromatic rings. The van der Waals surface area contributed by atoms with E-state index in [1.165, 1.54) is 12.1 Å². The number of rotatable bonds is 4. The Balaban J connectivity index is 2.09. The molecule has 0 bridgehead atoms. The predicted octanol–water partition coefficient (Wildman–Crippen LogP) is 1.46. The molecular formula is C12H16O5S. The molecular weight excluding hydrogens is 256 g/mol. The number of hydrogen-bond donors (Lipinski definition) is 0. The molecule has 2 atom stereocenters. The molecule has 1 saturated heterocycles. The van der Waals surface area contributed by atoms with Gasteiger partial charge in [0.05, 0.1) is 11.5 Å². The minimum atomic E-state index is -3.75. The van der Waals surface area contributed by atoms with E-state index < -0.39 is 16.2 Å². The zero-order valence-electron chi connectivity index (χ0n) is 10.3. The first kappa shape index (κ1) is 13.5. The van der Waals surface area contributed by atoms with Crippen LogP contribution in [0.3, 0.4) is 0 Å². The average molecular weight is 272 g/mol. The van der Waals surface area contributed by atoms with Crippen molar-refractivity contribution in [2.75, 3.05) is 13.4 Å². The van der Waals surface area contributed by atoms with Gasteiger partial charge in [0.1, 0.15) is 19.0 Å². The van der Waals surface area contributed by atoms with Crippen LogP contribution in [0.4, 0.5) is 0 Å². The van der Waals surface area contributed by atoms with Gasteiger partial charge < -0.3 is 9.47 Å². The van der Waals surface area contributed by atoms with Gasteiger partial charge in [0, 0.05) is 0 Å². The summed E-state index contributed by atoms with van der Waals surface area (Å²) in [5.41, 5.74) is 0.995. The van der Waals surface area contributed by atoms with Crippen LogP contribution in [0.15, 0.2) is 29.2 Å². The third kappa shape index (κ3) is 3.08. The Kier molecular flexibility index (Phi) is 4.01. The standard InChI is InChI=1S/C12H16O5S/c1-9-3-5-11(6-4-9)18(13,14)17-10(2)12-7-15-8-16-12/h3-6,10,12H,7-8H2,1-2H3. The second kappa shape index (κ2) is 5.36. The third-order valence-corrected chi connectivity index (χ3v) is 4.17. The maximum Gasteiger partial charge on any atom is 0.297 e. The van der Waals surface area contributed by atoms with Crippen molar-refractivity contribution in [2.24, 2.45) is 0 Å². The maximum absolute atomic E-state index is 12.0. The van der Waals surface area contributed by atoms with Crippen molar-refractivity contribution in [3.05, 3.63) is 29.8 Å². The first-order valence-corrected chi connectivity index (χ1v) is 7.09. The molecule has 0 N–H and O–H groups in total. The lowest BCUT2D eigenvalue weighted by Gasteiger charge is -2.17. The maximum atomic E-state index is 12.0. The highest BCUT2D eigenvalue weighted by atomic mass is 32.2. The van der Waals surface area contributed by atoms with E-state index in [1.54, 1.807) is 19.1 Å². The van der Waals surface area contributed by atoms with Crippen LogP contribution in [-0.2, 0) is 23.8 Å². The van der Waals surface area contributed by atoms with E-state index in [-0.39, 0.29) is 17.8 Å². The van der Waals surface area contributed by atoms with E-state index in [4.69, 9.17) is 13.7 Å². The zero-order valence-corrected chi connectivity index (χ0v) is 11.1. The molecule has 0 saturated carbocycles. The molecule has 0 amide bonds. The summed E-state index contributed by atoms with van der Waals surface area (Å²) < 4.78 is 39.3. The SMILES string of the molecule is Cc1ccc(S(=O)(=O)OC(C)C2COCO2)cc1. The fraction of sp³-hybridized carbons (Fsp3) is 0.500. The Morgan fingerprint density at radius 3 is 2.56 bits per heavy atom. The Morgan fingerprint density at radius 2 is 2.00 bits per heavy atom. The smallest absolute Gasteiger partial charge is 0.297 e. The minimum Gasteiger partial charge on any atom is -0.353 e. The normalized spacial score (nSPS) is 22.0. The van der Waals surface area contributed by atoms with Gasteiger partial charge in [-0.2, -0.15) is 8.42 Å². The molecule has 0 spiro atoms. The van der Waals surface area contributed by atoms with Crippen LogP contribution in [0.5, 0.6) is 0 Å². The van der Waals surface area contributed by atoms with Gasteiger partial charge >= 0.3 is 0 Å². The van der Waals surface area contributed by atoms with Crippen molar-refractivity contribution >= 4 is 10.1 Å². The summed E-state index contributed by atoms with van der Waals surface area (Å²) >= 11 is 0. The van der Waals surface area contributed by atoms with Gasteiger partial charge in [0.25, 0.3) is 10.1 Å². The molecule has 100 valence electrons. The van der Waals surface area contributed by atoms with Crippen LogP contribution >= 0.6 is 0 Å². The average Bonchev–Trinajstić information content (AvgIpc) is 2.82. The molecule has 0 aromatic heterocycles. The van der Waals surface area contributed by atoms with Crippen LogP contribution in [-0.4, -0.2) is 34.0 Å². The summed E-state index contributed by atoms with van der Waals surface area (Å²) in [6, 6.07) is 6.53. The molecule has 1 aliphatic heterocycles. The van der Waals surface area contributed by atoms with Crippen molar-refractivity contribution in [3.8, 4) is 0 Å². The van der Waals surface area contributed by atoms with Crippen molar-refractivity contribution < 1.29 is 22.1 Å². The molecule has 1 aliphatic rings. The van der Waals surface area contributed by atoms with Gasteiger partial charge in [0.15, 0.2) is 0 Å². The fourth-order valence-electron chi connectivity index (χ4n) is 1.64. The minimum absolute atomic E-state index is 0.152. The molecule has 6 heteroatoms. The molecule has 1 heterocycles. The number of hydrogen-bond acceptors (Lipinski definition) is 5. The van der Waals surface area contributed by atoms with E-state index in [2.05, 4.69) is 0 Å². The molecule has 18 heavy (non-hydrogen) atoms. The van der Waals surface area contributed by atoms with Gasteiger partial charge in [-0.15, -0.1) is 0 Å². The van der Waals surface area contributed by atoms with Crippen LogP contribution in [0.1, 0.15) is 12.5 Å². The Morgan fingerprint density at radius 1 is 1.33 bits per heavy atom. The monoisotopic (exact) mass is 272 g/mol. The molecule has 0 aliphatic carbocycles. The van der Waals surface area contributed by atoms with Crippen LogP contribution in [0.2, 0.25) is 0 Å². The highest BCUT2D eigenvalue weighted by molar-refractivity contribution is 7.86. The van der Waals surface area contributed by atoms with E-state index in [1.807, 2.05) is 6.92 Å². The van der Waals surface area contributed by atoms with E-state index >= 15 is 0 Å². The zero-order chi connectivity index (χ0) is 13.2. The summed E-state index contributed by atoms with van der Waals surface area (Å²) in [5, 5.41) is 0. The first-order chi connectivity index (χ1) is 8.49. The van der Waals surface area contributed by atoms with Gasteiger partial charge in [-0.05, 0) is 26.0 Å². The van der Waals surface area contributed by atoms with Gasteiger partial charge in [0.2, 0.25) is 0 Å². The molecule has 5 nitrogen and oxygen atoms in total. The highest BCUT2D eigenvalue weighted by Crippen LogP contribution is 2.19. The summed E-state index contributed by atoms with van der Waals surface area (Å²) in [6.07, 6.45) is -0.913. The molecule has 1 aromatic carbocycles. The second-order valence-electron chi connectivity index (χ2n) is 4.26. The van der Waals surface area contributed by atoms with Crippen LogP contribution < -0.4 is 0 Å². The molecule has 2 unspecified atom stereocenters. The lowest BCUT2D eigenvalue weighted by Crippen LogP contribution is -2.30. The van der Waals surface area contributed by atoms with Crippen LogP contribution in [0, 0.1) is 6.92 Å². The van der Waals surface area contributed by atoms with E-state index in [0.29, 0.717) is 6.61 Å². The lowest BCUT2D eigenvalue weighted by molar-refractivity contribution is 0.00817. The van der Waals surface area contributed by atoms with Gasteiger partial charge in [-0.25, -0.2) is 0 Å². The number of aryl methyl sites for hydroxylation is 1. The quantitative estimate of drug-likeness (QED) is 0.777. The van der Waals surface area contributed by atoms with Crippen molar-refractivity contribution in [2.45, 2.75) is 31.0 Å². The highest BCUT2D eigenvalue weighted by Gasteiger charge is 2.29. The predicted molar refractivity (Wildman–Crippen MR) is 64.6 cm³/mol. The van der Waals surface area contributed by atoms with E-state index in [9.17, 15) is 8.42 Å². The third-order valence-electron chi connectivity index (χ3n) is 2.76. The Bertz CT molecular complexity index is 488. The van der Waals surface area contributed by atoms with Crippen molar-refractivity contribution in [1.29, 1.82) is 0 Å². The summed E-state index contributed by atoms with van der Waals surface area (Å²) in [6.45, 7) is 4.09. The van der Waals surface area contributed by atoms with Crippen molar-refractivity contribution in [1.82, 2.24) is 0 Å². The van der Waals surface area contributed by atoms with Crippen molar-refractivity contribution in [3.63, 3.8) is 0 Å². The van der Waals surface area contributed by atoms with Gasteiger partial charge in [-0.1, -0.05) is 17.7 Å². The summed E-state index contributed by atoms with van der Waals surface area (Å²) in [4.78, 5) is 0.152. The molecule has 2 rings (SSSR count). The topological polar surface area (TPSA) is 61.8 Å². The Hall–Kier alpha value is -0.950. The van der Waals surface area contributed by atoms with E-state index in [0.717, 1.165) is 5.56 Å². The second-order valence-corrected chi connectivity index (χ2v) is 5.83. The summed E-state index contributed by atoms with van der Waals surface area (Å²) in [7, 11) is -3.75. The number of benzene rings is 1. The largest absolute Gasteiger partial charge is 0.353 e. The first-order valence-electron chi connectivity index (χ1n) is 5.68. The fourth-order valence-corrected chi connectivity index (χ4v) is 2.75.